The van der Waals surface area contributed by atoms with Crippen molar-refractivity contribution in [3.63, 3.8) is 0 Å². The fourth-order valence-corrected chi connectivity index (χ4v) is 10.8. The predicted molar refractivity (Wildman–Crippen MR) is 261 cm³/mol. The monoisotopic (exact) mass is 794 g/mol. The first-order chi connectivity index (χ1) is 30.3. The summed E-state index contributed by atoms with van der Waals surface area (Å²) >= 11 is 0. The second kappa shape index (κ2) is 13.5. The van der Waals surface area contributed by atoms with Crippen molar-refractivity contribution in [2.24, 2.45) is 0 Å². The molecule has 0 aliphatic heterocycles. The van der Waals surface area contributed by atoms with Crippen molar-refractivity contribution in [1.29, 1.82) is 0 Å². The molecule has 2 nitrogen and oxygen atoms in total. The van der Waals surface area contributed by atoms with E-state index in [9.17, 15) is 0 Å². The van der Waals surface area contributed by atoms with Crippen LogP contribution in [0.3, 0.4) is 0 Å². The Bertz CT molecular complexity index is 3230. The number of hydrogen-bond acceptors (Lipinski definition) is 1. The third-order valence-corrected chi connectivity index (χ3v) is 14.0. The Hall–Kier alpha value is -7.42. The van der Waals surface area contributed by atoms with Gasteiger partial charge < -0.3 is 9.47 Å². The molecule has 0 saturated heterocycles. The van der Waals surface area contributed by atoms with Crippen LogP contribution in [0.1, 0.15) is 49.9 Å². The molecular weight excluding hydrogens is 749 g/mol. The third-order valence-electron chi connectivity index (χ3n) is 14.0. The van der Waals surface area contributed by atoms with E-state index >= 15 is 0 Å². The standard InChI is InChI=1S/C60H46N2/c1-59(2)51-22-15-25-57(61(43-30-26-41(27-31-43)39-16-7-5-8-17-39)44-32-28-42(29-33-44)40-18-9-6-10-19-40)58(51)50-38-53-49(37-54(50)59)46-35-34-45(36-52(46)60(53,3)4)62-55-23-13-11-20-47(55)48-21-12-14-24-56(48)62/h5-38H,1-4H3. The van der Waals surface area contributed by atoms with Crippen LogP contribution in [-0.4, -0.2) is 4.57 Å². The molecule has 9 aromatic carbocycles. The van der Waals surface area contributed by atoms with E-state index in [4.69, 9.17) is 0 Å². The van der Waals surface area contributed by atoms with E-state index in [1.54, 1.807) is 0 Å². The zero-order valence-electron chi connectivity index (χ0n) is 35.5. The first kappa shape index (κ1) is 36.4. The molecule has 0 bridgehead atoms. The van der Waals surface area contributed by atoms with Crippen LogP contribution in [0.15, 0.2) is 206 Å². The van der Waals surface area contributed by atoms with E-state index in [-0.39, 0.29) is 10.8 Å². The van der Waals surface area contributed by atoms with Gasteiger partial charge in [0.15, 0.2) is 0 Å². The molecule has 2 aliphatic rings. The molecule has 296 valence electrons. The number of nitrogens with zero attached hydrogens (tertiary/aromatic N) is 2. The van der Waals surface area contributed by atoms with Gasteiger partial charge in [0.1, 0.15) is 0 Å². The highest BCUT2D eigenvalue weighted by molar-refractivity contribution is 6.09. The van der Waals surface area contributed by atoms with Crippen molar-refractivity contribution >= 4 is 38.9 Å². The van der Waals surface area contributed by atoms with Crippen LogP contribution in [0, 0.1) is 0 Å². The third kappa shape index (κ3) is 5.36. The predicted octanol–water partition coefficient (Wildman–Crippen LogP) is 16.2. The van der Waals surface area contributed by atoms with E-state index in [0.29, 0.717) is 0 Å². The van der Waals surface area contributed by atoms with Crippen molar-refractivity contribution in [3.8, 4) is 50.2 Å². The molecule has 0 N–H and O–H groups in total. The quantitative estimate of drug-likeness (QED) is 0.163. The molecule has 2 aliphatic carbocycles. The lowest BCUT2D eigenvalue weighted by molar-refractivity contribution is 0.652. The van der Waals surface area contributed by atoms with Gasteiger partial charge in [-0.2, -0.15) is 0 Å². The van der Waals surface area contributed by atoms with Gasteiger partial charge in [0.05, 0.1) is 16.7 Å². The van der Waals surface area contributed by atoms with Crippen LogP contribution in [0.5, 0.6) is 0 Å². The van der Waals surface area contributed by atoms with Crippen molar-refractivity contribution < 1.29 is 0 Å². The Morgan fingerprint density at radius 2 is 0.823 bits per heavy atom. The van der Waals surface area contributed by atoms with Crippen LogP contribution in [-0.2, 0) is 10.8 Å². The van der Waals surface area contributed by atoms with Crippen molar-refractivity contribution in [2.75, 3.05) is 4.90 Å². The fraction of sp³-hybridized carbons (Fsp3) is 0.100. The largest absolute Gasteiger partial charge is 0.310 e. The number of para-hydroxylation sites is 2. The minimum Gasteiger partial charge on any atom is -0.310 e. The lowest BCUT2D eigenvalue weighted by atomic mass is 9.79. The Kier molecular flexibility index (Phi) is 7.96. The molecule has 0 amide bonds. The van der Waals surface area contributed by atoms with Gasteiger partial charge >= 0.3 is 0 Å². The molecule has 0 atom stereocenters. The Morgan fingerprint density at radius 1 is 0.355 bits per heavy atom. The maximum absolute atomic E-state index is 2.55. The minimum atomic E-state index is -0.212. The summed E-state index contributed by atoms with van der Waals surface area (Å²) in [5.41, 5.74) is 22.4. The number of hydrogen-bond donors (Lipinski definition) is 0. The first-order valence-electron chi connectivity index (χ1n) is 21.8. The van der Waals surface area contributed by atoms with Gasteiger partial charge in [0, 0.05) is 44.2 Å². The van der Waals surface area contributed by atoms with E-state index < -0.39 is 0 Å². The van der Waals surface area contributed by atoms with Crippen LogP contribution < -0.4 is 4.90 Å². The maximum Gasteiger partial charge on any atom is 0.0543 e. The van der Waals surface area contributed by atoms with Gasteiger partial charge in [-0.1, -0.05) is 167 Å². The first-order valence-corrected chi connectivity index (χ1v) is 21.8. The minimum absolute atomic E-state index is 0.203. The molecule has 1 aromatic heterocycles. The van der Waals surface area contributed by atoms with Crippen LogP contribution in [0.2, 0.25) is 0 Å². The van der Waals surface area contributed by atoms with Crippen molar-refractivity contribution in [2.45, 2.75) is 38.5 Å². The summed E-state index contributed by atoms with van der Waals surface area (Å²) in [6, 6.07) is 76.3. The zero-order chi connectivity index (χ0) is 41.7. The van der Waals surface area contributed by atoms with Crippen molar-refractivity contribution in [1.82, 2.24) is 4.57 Å². The summed E-state index contributed by atoms with van der Waals surface area (Å²) in [7, 11) is 0. The smallest absolute Gasteiger partial charge is 0.0543 e. The summed E-state index contributed by atoms with van der Waals surface area (Å²) in [5.74, 6) is 0. The van der Waals surface area contributed by atoms with Crippen LogP contribution >= 0.6 is 0 Å². The summed E-state index contributed by atoms with van der Waals surface area (Å²) in [5, 5.41) is 2.57. The Labute approximate surface area is 364 Å². The summed E-state index contributed by atoms with van der Waals surface area (Å²) < 4.78 is 2.45. The summed E-state index contributed by atoms with van der Waals surface area (Å²) in [6.45, 7) is 9.66. The fourth-order valence-electron chi connectivity index (χ4n) is 10.8. The van der Waals surface area contributed by atoms with E-state index in [2.05, 4.69) is 243 Å². The highest BCUT2D eigenvalue weighted by Crippen LogP contribution is 2.59. The van der Waals surface area contributed by atoms with Gasteiger partial charge in [-0.25, -0.2) is 0 Å². The van der Waals surface area contributed by atoms with Gasteiger partial charge in [0.2, 0.25) is 0 Å². The van der Waals surface area contributed by atoms with E-state index in [1.807, 2.05) is 0 Å². The van der Waals surface area contributed by atoms with Crippen LogP contribution in [0.4, 0.5) is 17.1 Å². The molecular formula is C60H46N2. The molecule has 0 spiro atoms. The van der Waals surface area contributed by atoms with Gasteiger partial charge in [-0.15, -0.1) is 0 Å². The molecule has 12 rings (SSSR count). The second-order valence-corrected chi connectivity index (χ2v) is 18.2. The number of rotatable bonds is 6. The molecule has 2 heteroatoms. The van der Waals surface area contributed by atoms with Gasteiger partial charge in [0.25, 0.3) is 0 Å². The second-order valence-electron chi connectivity index (χ2n) is 18.2. The Morgan fingerprint density at radius 3 is 1.40 bits per heavy atom. The molecule has 62 heavy (non-hydrogen) atoms. The molecule has 0 unspecified atom stereocenters. The summed E-state index contributed by atoms with van der Waals surface area (Å²) in [6.07, 6.45) is 0. The topological polar surface area (TPSA) is 8.17 Å². The maximum atomic E-state index is 2.55. The molecule has 0 fully saturated rings. The lowest BCUT2D eigenvalue weighted by Gasteiger charge is -2.29. The number of fused-ring (bicyclic) bond motifs is 9. The average Bonchev–Trinajstić information content (AvgIpc) is 3.86. The molecule has 0 radical (unpaired) electrons. The highest BCUT2D eigenvalue weighted by Gasteiger charge is 2.43. The summed E-state index contributed by atoms with van der Waals surface area (Å²) in [4.78, 5) is 2.47. The average molecular weight is 795 g/mol. The van der Waals surface area contributed by atoms with Gasteiger partial charge in [-0.05, 0) is 128 Å². The number of aromatic nitrogens is 1. The van der Waals surface area contributed by atoms with Gasteiger partial charge in [-0.3, -0.25) is 0 Å². The molecule has 1 heterocycles. The van der Waals surface area contributed by atoms with Crippen LogP contribution in [0.25, 0.3) is 72.0 Å². The number of anilines is 3. The zero-order valence-corrected chi connectivity index (χ0v) is 35.5. The highest BCUT2D eigenvalue weighted by atomic mass is 15.1. The lowest BCUT2D eigenvalue weighted by Crippen LogP contribution is -2.17. The SMILES string of the molecule is CC1(C)c2cc(-n3c4ccccc4c4ccccc43)ccc2-c2cc3c(cc21)-c1c(N(c2ccc(-c4ccccc4)cc2)c2ccc(-c4ccccc4)cc2)cccc1C3(C)C. The normalized spacial score (nSPS) is 14.1. The Balaban J connectivity index is 1.01. The number of benzene rings is 9. The molecule has 10 aromatic rings. The van der Waals surface area contributed by atoms with Crippen molar-refractivity contribution in [3.05, 3.63) is 229 Å². The van der Waals surface area contributed by atoms with E-state index in [1.165, 1.54) is 99.9 Å². The van der Waals surface area contributed by atoms with E-state index in [0.717, 1.165) is 11.4 Å². The molecule has 0 saturated carbocycles.